The molecule has 0 aromatic carbocycles. The van der Waals surface area contributed by atoms with Crippen molar-refractivity contribution < 1.29 is 14.3 Å². The average molecular weight is 311 g/mol. The molecule has 6 nitrogen and oxygen atoms in total. The molecule has 0 bridgehead atoms. The second-order valence-corrected chi connectivity index (χ2v) is 6.09. The summed E-state index contributed by atoms with van der Waals surface area (Å²) in [4.78, 5) is 24.4. The molecule has 7 heteroatoms. The van der Waals surface area contributed by atoms with Gasteiger partial charge in [0, 0.05) is 12.6 Å². The highest BCUT2D eigenvalue weighted by Crippen LogP contribution is 2.38. The molecule has 1 aromatic rings. The summed E-state index contributed by atoms with van der Waals surface area (Å²) in [5.41, 5.74) is 6.47. The maximum Gasteiger partial charge on any atom is 0.343 e. The quantitative estimate of drug-likeness (QED) is 0.700. The van der Waals surface area contributed by atoms with Gasteiger partial charge in [-0.05, 0) is 25.7 Å². The molecular formula is C14H21N3O3S. The number of ether oxygens (including phenoxy) is 1. The Morgan fingerprint density at radius 2 is 2.14 bits per heavy atom. The summed E-state index contributed by atoms with van der Waals surface area (Å²) < 4.78 is 4.78. The third-order valence-corrected chi connectivity index (χ3v) is 4.65. The van der Waals surface area contributed by atoms with Crippen LogP contribution in [0.4, 0.5) is 10.7 Å². The summed E-state index contributed by atoms with van der Waals surface area (Å²) in [6, 6.07) is 0.345. The fraction of sp³-hybridized carbons (Fsp3) is 0.571. The molecular weight excluding hydrogens is 290 g/mol. The molecule has 1 aliphatic carbocycles. The summed E-state index contributed by atoms with van der Waals surface area (Å²) in [6.45, 7) is 2.55. The van der Waals surface area contributed by atoms with Crippen molar-refractivity contribution in [1.29, 1.82) is 0 Å². The molecule has 0 unspecified atom stereocenters. The predicted octanol–water partition coefficient (Wildman–Crippen LogP) is 2.22. The molecule has 1 amide bonds. The fourth-order valence-electron chi connectivity index (χ4n) is 2.08. The van der Waals surface area contributed by atoms with Gasteiger partial charge in [0.05, 0.1) is 12.8 Å². The number of thiophene rings is 1. The Morgan fingerprint density at radius 1 is 1.43 bits per heavy atom. The van der Waals surface area contributed by atoms with Crippen molar-refractivity contribution in [2.75, 3.05) is 24.7 Å². The van der Waals surface area contributed by atoms with E-state index < -0.39 is 5.97 Å². The Morgan fingerprint density at radius 3 is 2.67 bits per heavy atom. The van der Waals surface area contributed by atoms with Gasteiger partial charge >= 0.3 is 5.97 Å². The molecule has 0 spiro atoms. The van der Waals surface area contributed by atoms with Gasteiger partial charge in [0.1, 0.15) is 15.4 Å². The Labute approximate surface area is 128 Å². The number of anilines is 2. The van der Waals surface area contributed by atoms with Crippen LogP contribution in [0.1, 0.15) is 52.6 Å². The highest BCUT2D eigenvalue weighted by atomic mass is 32.1. The first-order valence-electron chi connectivity index (χ1n) is 7.13. The second-order valence-electron chi connectivity index (χ2n) is 5.07. The standard InChI is InChI=1S/C14H21N3O3S/c1-3-7-16-12(18)11-10(15)9(14(19)20-2)13(21-11)17-8-5-4-6-8/h8,17H,3-7,15H2,1-2H3,(H,16,18). The average Bonchev–Trinajstić information content (AvgIpc) is 2.76. The van der Waals surface area contributed by atoms with E-state index in [2.05, 4.69) is 10.6 Å². The highest BCUT2D eigenvalue weighted by molar-refractivity contribution is 7.19. The number of carbonyl (C=O) groups is 2. The summed E-state index contributed by atoms with van der Waals surface area (Å²) in [6.07, 6.45) is 4.15. The molecule has 0 radical (unpaired) electrons. The SMILES string of the molecule is CCCNC(=O)c1sc(NC2CCC2)c(C(=O)OC)c1N. The summed E-state index contributed by atoms with van der Waals surface area (Å²) in [5.74, 6) is -0.758. The van der Waals surface area contributed by atoms with Crippen LogP contribution < -0.4 is 16.4 Å². The van der Waals surface area contributed by atoms with Crippen LogP contribution in [-0.4, -0.2) is 31.6 Å². The number of methoxy groups -OCH3 is 1. The molecule has 1 aromatic heterocycles. The van der Waals surface area contributed by atoms with Gasteiger partial charge in [0.15, 0.2) is 0 Å². The van der Waals surface area contributed by atoms with E-state index in [9.17, 15) is 9.59 Å². The number of nitrogens with one attached hydrogen (secondary N) is 2. The van der Waals surface area contributed by atoms with Crippen molar-refractivity contribution in [1.82, 2.24) is 5.32 Å². The molecule has 0 atom stereocenters. The Kier molecular flexibility index (Phi) is 5.06. The number of esters is 1. The zero-order valence-electron chi connectivity index (χ0n) is 12.3. The molecule has 4 N–H and O–H groups in total. The lowest BCUT2D eigenvalue weighted by atomic mass is 9.93. The van der Waals surface area contributed by atoms with Crippen LogP contribution in [0.25, 0.3) is 0 Å². The largest absolute Gasteiger partial charge is 0.465 e. The van der Waals surface area contributed by atoms with Crippen LogP contribution in [0.5, 0.6) is 0 Å². The second kappa shape index (κ2) is 6.80. The van der Waals surface area contributed by atoms with Crippen molar-refractivity contribution in [2.45, 2.75) is 38.6 Å². The van der Waals surface area contributed by atoms with E-state index in [1.54, 1.807) is 0 Å². The first-order valence-corrected chi connectivity index (χ1v) is 7.95. The number of amides is 1. The van der Waals surface area contributed by atoms with E-state index in [0.717, 1.165) is 19.3 Å². The van der Waals surface area contributed by atoms with Crippen molar-refractivity contribution in [2.24, 2.45) is 0 Å². The molecule has 1 saturated carbocycles. The third-order valence-electron chi connectivity index (χ3n) is 3.52. The summed E-state index contributed by atoms with van der Waals surface area (Å²) in [5, 5.41) is 6.70. The first-order chi connectivity index (χ1) is 10.1. The van der Waals surface area contributed by atoms with Crippen LogP contribution in [0.3, 0.4) is 0 Å². The Bertz CT molecular complexity index is 538. The number of nitrogen functional groups attached to an aromatic ring is 1. The van der Waals surface area contributed by atoms with Gasteiger partial charge in [-0.15, -0.1) is 11.3 Å². The topological polar surface area (TPSA) is 93.5 Å². The van der Waals surface area contributed by atoms with Gasteiger partial charge in [0.25, 0.3) is 5.91 Å². The third kappa shape index (κ3) is 3.29. The van der Waals surface area contributed by atoms with Gasteiger partial charge in [-0.2, -0.15) is 0 Å². The van der Waals surface area contributed by atoms with Gasteiger partial charge in [-0.3, -0.25) is 4.79 Å². The molecule has 0 aliphatic heterocycles. The number of hydrogen-bond donors (Lipinski definition) is 3. The lowest BCUT2D eigenvalue weighted by Crippen LogP contribution is -2.27. The monoisotopic (exact) mass is 311 g/mol. The highest BCUT2D eigenvalue weighted by Gasteiger charge is 2.28. The molecule has 1 fully saturated rings. The predicted molar refractivity (Wildman–Crippen MR) is 84.0 cm³/mol. The van der Waals surface area contributed by atoms with Crippen molar-refractivity contribution in [3.63, 3.8) is 0 Å². The maximum absolute atomic E-state index is 12.1. The minimum atomic E-state index is -0.514. The van der Waals surface area contributed by atoms with E-state index in [4.69, 9.17) is 10.5 Å². The van der Waals surface area contributed by atoms with Crippen molar-refractivity contribution >= 4 is 33.9 Å². The number of nitrogens with two attached hydrogens (primary N) is 1. The van der Waals surface area contributed by atoms with Crippen LogP contribution in [0, 0.1) is 0 Å². The zero-order valence-corrected chi connectivity index (χ0v) is 13.1. The van der Waals surface area contributed by atoms with Gasteiger partial charge in [-0.25, -0.2) is 4.79 Å². The first kappa shape index (κ1) is 15.6. The van der Waals surface area contributed by atoms with E-state index in [-0.39, 0.29) is 17.2 Å². The lowest BCUT2D eigenvalue weighted by Gasteiger charge is -2.27. The van der Waals surface area contributed by atoms with E-state index >= 15 is 0 Å². The maximum atomic E-state index is 12.1. The van der Waals surface area contributed by atoms with Crippen molar-refractivity contribution in [3.8, 4) is 0 Å². The molecule has 116 valence electrons. The molecule has 21 heavy (non-hydrogen) atoms. The summed E-state index contributed by atoms with van der Waals surface area (Å²) in [7, 11) is 1.31. The lowest BCUT2D eigenvalue weighted by molar-refractivity contribution is 0.0603. The number of hydrogen-bond acceptors (Lipinski definition) is 6. The van der Waals surface area contributed by atoms with Crippen LogP contribution in [0.2, 0.25) is 0 Å². The number of carbonyl (C=O) groups excluding carboxylic acids is 2. The van der Waals surface area contributed by atoms with Crippen LogP contribution in [-0.2, 0) is 4.74 Å². The zero-order chi connectivity index (χ0) is 15.4. The molecule has 0 saturated heterocycles. The van der Waals surface area contributed by atoms with Gasteiger partial charge in [-0.1, -0.05) is 6.92 Å². The van der Waals surface area contributed by atoms with Crippen LogP contribution >= 0.6 is 11.3 Å². The molecule has 1 aliphatic rings. The minimum Gasteiger partial charge on any atom is -0.465 e. The molecule has 1 heterocycles. The van der Waals surface area contributed by atoms with E-state index in [1.807, 2.05) is 6.92 Å². The Hall–Kier alpha value is -1.76. The fourth-order valence-corrected chi connectivity index (χ4v) is 3.18. The van der Waals surface area contributed by atoms with E-state index in [0.29, 0.717) is 22.5 Å². The smallest absolute Gasteiger partial charge is 0.343 e. The van der Waals surface area contributed by atoms with Crippen molar-refractivity contribution in [3.05, 3.63) is 10.4 Å². The minimum absolute atomic E-state index is 0.197. The molecule has 2 rings (SSSR count). The Balaban J connectivity index is 2.28. The van der Waals surface area contributed by atoms with Gasteiger partial charge < -0.3 is 21.1 Å². The van der Waals surface area contributed by atoms with E-state index in [1.165, 1.54) is 24.9 Å². The van der Waals surface area contributed by atoms with Crippen LogP contribution in [0.15, 0.2) is 0 Å². The summed E-state index contributed by atoms with van der Waals surface area (Å²) >= 11 is 1.22. The van der Waals surface area contributed by atoms with Gasteiger partial charge in [0.2, 0.25) is 0 Å². The number of rotatable bonds is 6. The normalized spacial score (nSPS) is 14.4.